The molecule has 0 saturated carbocycles. The van der Waals surface area contributed by atoms with Gasteiger partial charge in [0, 0.05) is 23.9 Å². The maximum absolute atomic E-state index is 11.8. The van der Waals surface area contributed by atoms with Crippen LogP contribution in [0.1, 0.15) is 28.8 Å². The summed E-state index contributed by atoms with van der Waals surface area (Å²) in [6, 6.07) is 2.17. The predicted molar refractivity (Wildman–Crippen MR) is 66.0 cm³/mol. The van der Waals surface area contributed by atoms with Crippen molar-refractivity contribution in [2.45, 2.75) is 31.7 Å². The van der Waals surface area contributed by atoms with E-state index in [9.17, 15) is 10.1 Å². The second-order valence-corrected chi connectivity index (χ2v) is 5.70. The molecule has 2 heterocycles. The molecule has 1 amide bonds. The number of hydrogen-bond acceptors (Lipinski definition) is 4. The minimum Gasteiger partial charge on any atom is -0.326 e. The largest absolute Gasteiger partial charge is 0.326 e. The molecule has 0 spiro atoms. The highest BCUT2D eigenvalue weighted by Crippen LogP contribution is 2.41. The molecule has 1 saturated heterocycles. The standard InChI is InChI=1S/C12H13N3OS/c13-5-9-8-2-1-3-10(8)17-12(9)15-6-7(14)4-11(15)16/h7H,1-4,6,14H2. The molecule has 1 fully saturated rings. The molecular weight excluding hydrogens is 234 g/mol. The molecule has 5 heteroatoms. The normalized spacial score (nSPS) is 22.9. The number of aryl methyl sites for hydroxylation is 1. The number of hydrogen-bond donors (Lipinski definition) is 1. The van der Waals surface area contributed by atoms with Crippen molar-refractivity contribution in [1.29, 1.82) is 5.26 Å². The zero-order valence-electron chi connectivity index (χ0n) is 9.40. The fourth-order valence-electron chi connectivity index (χ4n) is 2.63. The van der Waals surface area contributed by atoms with Crippen LogP contribution in [0, 0.1) is 11.3 Å². The van der Waals surface area contributed by atoms with Crippen molar-refractivity contribution in [3.8, 4) is 6.07 Å². The van der Waals surface area contributed by atoms with E-state index in [2.05, 4.69) is 6.07 Å². The Morgan fingerprint density at radius 1 is 1.47 bits per heavy atom. The summed E-state index contributed by atoms with van der Waals surface area (Å²) in [5.41, 5.74) is 7.68. The maximum Gasteiger partial charge on any atom is 0.229 e. The molecule has 1 unspecified atom stereocenters. The smallest absolute Gasteiger partial charge is 0.229 e. The summed E-state index contributed by atoms with van der Waals surface area (Å²) in [6.07, 6.45) is 3.54. The van der Waals surface area contributed by atoms with Gasteiger partial charge < -0.3 is 10.6 Å². The third kappa shape index (κ3) is 1.56. The van der Waals surface area contributed by atoms with Crippen LogP contribution in [0.5, 0.6) is 0 Å². The van der Waals surface area contributed by atoms with Crippen molar-refractivity contribution >= 4 is 22.2 Å². The second-order valence-electron chi connectivity index (χ2n) is 4.62. The Morgan fingerprint density at radius 3 is 2.94 bits per heavy atom. The Hall–Kier alpha value is -1.38. The van der Waals surface area contributed by atoms with E-state index >= 15 is 0 Å². The van der Waals surface area contributed by atoms with Crippen molar-refractivity contribution in [3.05, 3.63) is 16.0 Å². The van der Waals surface area contributed by atoms with Crippen LogP contribution < -0.4 is 10.6 Å². The summed E-state index contributed by atoms with van der Waals surface area (Å²) in [7, 11) is 0. The Kier molecular flexibility index (Phi) is 2.42. The Bertz CT molecular complexity index is 529. The van der Waals surface area contributed by atoms with Crippen molar-refractivity contribution in [2.75, 3.05) is 11.4 Å². The lowest BCUT2D eigenvalue weighted by atomic mass is 10.1. The predicted octanol–water partition coefficient (Wildman–Crippen LogP) is 1.17. The Labute approximate surface area is 104 Å². The fourth-order valence-corrected chi connectivity index (χ4v) is 3.99. The Balaban J connectivity index is 2.05. The fraction of sp³-hybridized carbons (Fsp3) is 0.500. The summed E-state index contributed by atoms with van der Waals surface area (Å²) in [6.45, 7) is 0.549. The molecule has 0 aromatic carbocycles. The van der Waals surface area contributed by atoms with Gasteiger partial charge >= 0.3 is 0 Å². The van der Waals surface area contributed by atoms with Gasteiger partial charge in [-0.15, -0.1) is 11.3 Å². The number of amides is 1. The number of nitriles is 1. The van der Waals surface area contributed by atoms with Gasteiger partial charge in [0.25, 0.3) is 0 Å². The van der Waals surface area contributed by atoms with Crippen LogP contribution in [0.2, 0.25) is 0 Å². The number of fused-ring (bicyclic) bond motifs is 1. The summed E-state index contributed by atoms with van der Waals surface area (Å²) < 4.78 is 0. The molecule has 0 bridgehead atoms. The van der Waals surface area contributed by atoms with Crippen LogP contribution >= 0.6 is 11.3 Å². The minimum absolute atomic E-state index is 0.0499. The van der Waals surface area contributed by atoms with Gasteiger partial charge in [-0.25, -0.2) is 0 Å². The molecule has 1 aliphatic heterocycles. The molecule has 3 rings (SSSR count). The number of nitrogens with two attached hydrogens (primary N) is 1. The first-order chi connectivity index (χ1) is 8.20. The average Bonchev–Trinajstić information content (AvgIpc) is 2.91. The van der Waals surface area contributed by atoms with Gasteiger partial charge in [0.1, 0.15) is 11.1 Å². The highest BCUT2D eigenvalue weighted by molar-refractivity contribution is 7.16. The van der Waals surface area contributed by atoms with Gasteiger partial charge in [-0.3, -0.25) is 4.79 Å². The molecule has 2 aliphatic rings. The van der Waals surface area contributed by atoms with Gasteiger partial charge in [-0.1, -0.05) is 0 Å². The van der Waals surface area contributed by atoms with Crippen LogP contribution in [-0.2, 0) is 17.6 Å². The van der Waals surface area contributed by atoms with E-state index in [1.165, 1.54) is 10.4 Å². The first-order valence-corrected chi connectivity index (χ1v) is 6.63. The molecule has 88 valence electrons. The number of carbonyl (C=O) groups is 1. The summed E-state index contributed by atoms with van der Waals surface area (Å²) in [5, 5.41) is 10.1. The van der Waals surface area contributed by atoms with Crippen LogP contribution in [0.4, 0.5) is 5.00 Å². The SMILES string of the molecule is N#Cc1c(N2CC(N)CC2=O)sc2c1CCC2. The van der Waals surface area contributed by atoms with Crippen LogP contribution in [-0.4, -0.2) is 18.5 Å². The summed E-state index contributed by atoms with van der Waals surface area (Å²) in [4.78, 5) is 14.8. The molecule has 1 aliphatic carbocycles. The highest BCUT2D eigenvalue weighted by atomic mass is 32.1. The van der Waals surface area contributed by atoms with Crippen molar-refractivity contribution in [3.63, 3.8) is 0 Å². The lowest BCUT2D eigenvalue weighted by Gasteiger charge is -2.14. The average molecular weight is 247 g/mol. The first-order valence-electron chi connectivity index (χ1n) is 5.81. The van der Waals surface area contributed by atoms with E-state index in [0.717, 1.165) is 24.3 Å². The maximum atomic E-state index is 11.8. The molecule has 4 nitrogen and oxygen atoms in total. The molecular formula is C12H13N3OS. The lowest BCUT2D eigenvalue weighted by Crippen LogP contribution is -2.27. The zero-order chi connectivity index (χ0) is 12.0. The van der Waals surface area contributed by atoms with Crippen LogP contribution in [0.15, 0.2) is 0 Å². The van der Waals surface area contributed by atoms with E-state index in [0.29, 0.717) is 18.5 Å². The van der Waals surface area contributed by atoms with Crippen LogP contribution in [0.25, 0.3) is 0 Å². The van der Waals surface area contributed by atoms with E-state index in [-0.39, 0.29) is 11.9 Å². The van der Waals surface area contributed by atoms with E-state index in [4.69, 9.17) is 5.73 Å². The second kappa shape index (κ2) is 3.83. The van der Waals surface area contributed by atoms with Gasteiger partial charge in [0.15, 0.2) is 0 Å². The van der Waals surface area contributed by atoms with Crippen molar-refractivity contribution in [1.82, 2.24) is 0 Å². The van der Waals surface area contributed by atoms with E-state index in [1.807, 2.05) is 0 Å². The molecule has 1 atom stereocenters. The number of rotatable bonds is 1. The van der Waals surface area contributed by atoms with Crippen molar-refractivity contribution in [2.24, 2.45) is 5.73 Å². The van der Waals surface area contributed by atoms with Gasteiger partial charge in [-0.05, 0) is 24.8 Å². The molecule has 1 aromatic rings. The highest BCUT2D eigenvalue weighted by Gasteiger charge is 2.33. The lowest BCUT2D eigenvalue weighted by molar-refractivity contribution is -0.117. The monoisotopic (exact) mass is 247 g/mol. The number of carbonyl (C=O) groups excluding carboxylic acids is 1. The topological polar surface area (TPSA) is 70.1 Å². The van der Waals surface area contributed by atoms with Crippen molar-refractivity contribution < 1.29 is 4.79 Å². The van der Waals surface area contributed by atoms with Gasteiger partial charge in [0.05, 0.1) is 5.56 Å². The zero-order valence-corrected chi connectivity index (χ0v) is 10.2. The summed E-state index contributed by atoms with van der Waals surface area (Å²) in [5.74, 6) is 0.0499. The minimum atomic E-state index is -0.0917. The van der Waals surface area contributed by atoms with Gasteiger partial charge in [-0.2, -0.15) is 5.26 Å². The Morgan fingerprint density at radius 2 is 2.29 bits per heavy atom. The first kappa shape index (κ1) is 10.8. The van der Waals surface area contributed by atoms with Gasteiger partial charge in [0.2, 0.25) is 5.91 Å². The van der Waals surface area contributed by atoms with E-state index < -0.39 is 0 Å². The third-order valence-electron chi connectivity index (χ3n) is 3.41. The number of anilines is 1. The number of nitrogens with zero attached hydrogens (tertiary/aromatic N) is 2. The number of thiophene rings is 1. The molecule has 0 radical (unpaired) electrons. The summed E-state index contributed by atoms with van der Waals surface area (Å²) >= 11 is 1.60. The van der Waals surface area contributed by atoms with Crippen LogP contribution in [0.3, 0.4) is 0 Å². The third-order valence-corrected chi connectivity index (χ3v) is 4.73. The molecule has 1 aromatic heterocycles. The quantitative estimate of drug-likeness (QED) is 0.810. The van der Waals surface area contributed by atoms with E-state index in [1.54, 1.807) is 16.2 Å². The molecule has 17 heavy (non-hydrogen) atoms. The molecule has 2 N–H and O–H groups in total.